The van der Waals surface area contributed by atoms with E-state index in [4.69, 9.17) is 11.2 Å². The average molecular weight is 273 g/mol. The highest BCUT2D eigenvalue weighted by Gasteiger charge is 2.35. The molecule has 0 radical (unpaired) electrons. The molecule has 0 heterocycles. The minimum Gasteiger partial charge on any atom is -0.467 e. The minimum atomic E-state index is -0.919. The van der Waals surface area contributed by atoms with E-state index in [2.05, 4.69) is 25.1 Å². The second-order valence-corrected chi connectivity index (χ2v) is 5.47. The van der Waals surface area contributed by atoms with Gasteiger partial charge in [-0.25, -0.2) is 4.79 Å². The second kappa shape index (κ2) is 7.12. The summed E-state index contributed by atoms with van der Waals surface area (Å²) >= 11 is 0. The summed E-state index contributed by atoms with van der Waals surface area (Å²) in [5.74, 6) is 2.75. The van der Waals surface area contributed by atoms with Crippen LogP contribution in [0.15, 0.2) is 24.3 Å². The molecule has 0 aliphatic heterocycles. The van der Waals surface area contributed by atoms with Crippen molar-refractivity contribution in [1.82, 2.24) is 5.32 Å². The number of nitrogens with one attached hydrogen (secondary N) is 1. The maximum absolute atomic E-state index is 12.0. The maximum atomic E-state index is 12.0. The molecule has 1 rings (SSSR count). The van der Waals surface area contributed by atoms with Gasteiger partial charge in [-0.2, -0.15) is 0 Å². The SMILES string of the molecule is C#CCNC(C)(C(=O)OC)c1ccc(CC(C)C)cc1. The summed E-state index contributed by atoms with van der Waals surface area (Å²) < 4.78 is 4.89. The summed E-state index contributed by atoms with van der Waals surface area (Å²) in [6.07, 6.45) is 6.29. The van der Waals surface area contributed by atoms with Crippen LogP contribution in [0.4, 0.5) is 0 Å². The average Bonchev–Trinajstić information content (AvgIpc) is 2.44. The normalized spacial score (nSPS) is 13.6. The van der Waals surface area contributed by atoms with Crippen LogP contribution in [0.2, 0.25) is 0 Å². The lowest BCUT2D eigenvalue weighted by molar-refractivity contribution is -0.148. The number of carbonyl (C=O) groups excluding carboxylic acids is 1. The molecule has 0 saturated heterocycles. The van der Waals surface area contributed by atoms with E-state index < -0.39 is 5.54 Å². The van der Waals surface area contributed by atoms with Crippen molar-refractivity contribution in [3.05, 3.63) is 35.4 Å². The van der Waals surface area contributed by atoms with Gasteiger partial charge in [0, 0.05) is 0 Å². The molecular formula is C17H23NO2. The molecule has 1 N–H and O–H groups in total. The highest BCUT2D eigenvalue weighted by Crippen LogP contribution is 2.23. The van der Waals surface area contributed by atoms with Crippen molar-refractivity contribution < 1.29 is 9.53 Å². The molecule has 20 heavy (non-hydrogen) atoms. The van der Waals surface area contributed by atoms with Gasteiger partial charge < -0.3 is 4.74 Å². The lowest BCUT2D eigenvalue weighted by Crippen LogP contribution is -2.47. The van der Waals surface area contributed by atoms with E-state index in [9.17, 15) is 4.79 Å². The lowest BCUT2D eigenvalue weighted by atomic mass is 9.90. The van der Waals surface area contributed by atoms with Crippen LogP contribution in [0.3, 0.4) is 0 Å². The van der Waals surface area contributed by atoms with Gasteiger partial charge in [0.15, 0.2) is 0 Å². The van der Waals surface area contributed by atoms with Gasteiger partial charge in [0.1, 0.15) is 5.54 Å². The van der Waals surface area contributed by atoms with Crippen LogP contribution in [-0.2, 0) is 21.5 Å². The number of ether oxygens (including phenoxy) is 1. The van der Waals surface area contributed by atoms with Crippen LogP contribution in [0.1, 0.15) is 31.9 Å². The molecule has 1 atom stereocenters. The Morgan fingerprint density at radius 1 is 1.40 bits per heavy atom. The van der Waals surface area contributed by atoms with E-state index >= 15 is 0 Å². The number of hydrogen-bond acceptors (Lipinski definition) is 3. The minimum absolute atomic E-state index is 0.305. The Balaban J connectivity index is 3.03. The third-order valence-electron chi connectivity index (χ3n) is 3.31. The van der Waals surface area contributed by atoms with Crippen LogP contribution in [0, 0.1) is 18.3 Å². The van der Waals surface area contributed by atoms with E-state index in [-0.39, 0.29) is 5.97 Å². The molecular weight excluding hydrogens is 250 g/mol. The van der Waals surface area contributed by atoms with Crippen LogP contribution < -0.4 is 5.32 Å². The Morgan fingerprint density at radius 3 is 2.45 bits per heavy atom. The van der Waals surface area contributed by atoms with Gasteiger partial charge in [-0.1, -0.05) is 44.0 Å². The van der Waals surface area contributed by atoms with Crippen LogP contribution in [-0.4, -0.2) is 19.6 Å². The largest absolute Gasteiger partial charge is 0.467 e. The third-order valence-corrected chi connectivity index (χ3v) is 3.31. The zero-order valence-corrected chi connectivity index (χ0v) is 12.7. The number of methoxy groups -OCH3 is 1. The molecule has 0 aliphatic carbocycles. The van der Waals surface area contributed by atoms with Gasteiger partial charge in [-0.3, -0.25) is 5.32 Å². The van der Waals surface area contributed by atoms with E-state index in [1.165, 1.54) is 12.7 Å². The number of hydrogen-bond donors (Lipinski definition) is 1. The molecule has 0 aromatic heterocycles. The summed E-state index contributed by atoms with van der Waals surface area (Å²) in [6, 6.07) is 8.01. The van der Waals surface area contributed by atoms with Crippen LogP contribution in [0.5, 0.6) is 0 Å². The van der Waals surface area contributed by atoms with Crippen molar-refractivity contribution in [3.63, 3.8) is 0 Å². The maximum Gasteiger partial charge on any atom is 0.330 e. The fourth-order valence-electron chi connectivity index (χ4n) is 2.17. The smallest absolute Gasteiger partial charge is 0.330 e. The van der Waals surface area contributed by atoms with Crippen molar-refractivity contribution in [2.45, 2.75) is 32.7 Å². The van der Waals surface area contributed by atoms with Crippen LogP contribution >= 0.6 is 0 Å². The number of benzene rings is 1. The number of terminal acetylenes is 1. The van der Waals surface area contributed by atoms with Crippen molar-refractivity contribution in [3.8, 4) is 12.3 Å². The molecule has 0 spiro atoms. The Hall–Kier alpha value is -1.79. The van der Waals surface area contributed by atoms with Gasteiger partial charge >= 0.3 is 5.97 Å². The zero-order chi connectivity index (χ0) is 15.2. The Kier molecular flexibility index (Phi) is 5.79. The highest BCUT2D eigenvalue weighted by molar-refractivity contribution is 5.82. The Labute approximate surface area is 121 Å². The molecule has 0 bridgehead atoms. The number of carbonyl (C=O) groups is 1. The molecule has 0 fully saturated rings. The molecule has 0 amide bonds. The first-order valence-electron chi connectivity index (χ1n) is 6.80. The predicted octanol–water partition coefficient (Wildman–Crippen LogP) is 2.50. The molecule has 108 valence electrons. The van der Waals surface area contributed by atoms with Gasteiger partial charge in [0.05, 0.1) is 13.7 Å². The standard InChI is InChI=1S/C17H23NO2/c1-6-11-18-17(4,16(19)20-5)15-9-7-14(8-10-15)12-13(2)3/h1,7-10,13,18H,11-12H2,2-5H3. The summed E-state index contributed by atoms with van der Waals surface area (Å²) in [7, 11) is 1.38. The van der Waals surface area contributed by atoms with E-state index in [0.717, 1.165) is 12.0 Å². The van der Waals surface area contributed by atoms with Crippen molar-refractivity contribution in [1.29, 1.82) is 0 Å². The quantitative estimate of drug-likeness (QED) is 0.639. The van der Waals surface area contributed by atoms with Gasteiger partial charge in [-0.15, -0.1) is 6.42 Å². The third kappa shape index (κ3) is 3.85. The lowest BCUT2D eigenvalue weighted by Gasteiger charge is -2.28. The van der Waals surface area contributed by atoms with Crippen molar-refractivity contribution in [2.75, 3.05) is 13.7 Å². The molecule has 1 aromatic carbocycles. The number of rotatable bonds is 6. The molecule has 3 heteroatoms. The second-order valence-electron chi connectivity index (χ2n) is 5.47. The van der Waals surface area contributed by atoms with Crippen molar-refractivity contribution >= 4 is 5.97 Å². The molecule has 0 aliphatic rings. The topological polar surface area (TPSA) is 38.3 Å². The molecule has 0 saturated carbocycles. The fourth-order valence-corrected chi connectivity index (χ4v) is 2.17. The van der Waals surface area contributed by atoms with Gasteiger partial charge in [0.25, 0.3) is 0 Å². The monoisotopic (exact) mass is 273 g/mol. The van der Waals surface area contributed by atoms with Gasteiger partial charge in [-0.05, 0) is 30.4 Å². The molecule has 1 aromatic rings. The Bertz CT molecular complexity index is 485. The van der Waals surface area contributed by atoms with E-state index in [0.29, 0.717) is 12.5 Å². The fraction of sp³-hybridized carbons (Fsp3) is 0.471. The van der Waals surface area contributed by atoms with Gasteiger partial charge in [0.2, 0.25) is 0 Å². The molecule has 1 unspecified atom stereocenters. The summed E-state index contributed by atoms with van der Waals surface area (Å²) in [5.41, 5.74) is 1.19. The first-order valence-corrected chi connectivity index (χ1v) is 6.80. The van der Waals surface area contributed by atoms with E-state index in [1.54, 1.807) is 6.92 Å². The first-order chi connectivity index (χ1) is 9.43. The summed E-state index contributed by atoms with van der Waals surface area (Å²) in [4.78, 5) is 12.0. The summed E-state index contributed by atoms with van der Waals surface area (Å²) in [6.45, 7) is 6.45. The molecule has 3 nitrogen and oxygen atoms in total. The van der Waals surface area contributed by atoms with E-state index in [1.807, 2.05) is 24.3 Å². The summed E-state index contributed by atoms with van der Waals surface area (Å²) in [5, 5.41) is 3.06. The highest BCUT2D eigenvalue weighted by atomic mass is 16.5. The van der Waals surface area contributed by atoms with Crippen molar-refractivity contribution in [2.24, 2.45) is 5.92 Å². The predicted molar refractivity (Wildman–Crippen MR) is 81.2 cm³/mol. The Morgan fingerprint density at radius 2 is 2.00 bits per heavy atom. The first kappa shape index (κ1) is 16.3. The van der Waals surface area contributed by atoms with Crippen LogP contribution in [0.25, 0.3) is 0 Å². The number of esters is 1. The zero-order valence-electron chi connectivity index (χ0n) is 12.7.